The van der Waals surface area contributed by atoms with Crippen LogP contribution < -0.4 is 4.74 Å². The van der Waals surface area contributed by atoms with Crippen molar-refractivity contribution in [3.05, 3.63) is 193 Å². The Morgan fingerprint density at radius 1 is 0.568 bits per heavy atom. The molecule has 1 heterocycles. The molecule has 7 aromatic rings. The quantitative estimate of drug-likeness (QED) is 0.200. The summed E-state index contributed by atoms with van der Waals surface area (Å²) in [6.45, 7) is 0. The van der Waals surface area contributed by atoms with Crippen molar-refractivity contribution in [1.29, 1.82) is 0 Å². The molecule has 0 fully saturated rings. The van der Waals surface area contributed by atoms with Crippen molar-refractivity contribution >= 4 is 16.8 Å². The van der Waals surface area contributed by atoms with Gasteiger partial charge in [-0.15, -0.1) is 0 Å². The molecule has 0 aliphatic rings. The predicted octanol–water partition coefficient (Wildman–Crippen LogP) is 10.2. The van der Waals surface area contributed by atoms with Crippen LogP contribution >= 0.6 is 0 Å². The van der Waals surface area contributed by atoms with E-state index in [4.69, 9.17) is 14.3 Å². The van der Waals surface area contributed by atoms with Gasteiger partial charge in [-0.1, -0.05) is 146 Å². The number of phenolic OH excluding ortho intramolecular Hbond substituents is 1. The van der Waals surface area contributed by atoms with Gasteiger partial charge in [0.25, 0.3) is 0 Å². The second kappa shape index (κ2) is 15.4. The van der Waals surface area contributed by atoms with Crippen LogP contribution in [0, 0.1) is 0 Å². The molecule has 44 heavy (non-hydrogen) atoms. The van der Waals surface area contributed by atoms with E-state index in [1.54, 1.807) is 24.3 Å². The molecule has 6 aromatic carbocycles. The number of fused-ring (bicyclic) bond motifs is 1. The van der Waals surface area contributed by atoms with E-state index in [1.165, 1.54) is 0 Å². The normalized spacial score (nSPS) is 10.8. The molecule has 216 valence electrons. The Kier molecular flexibility index (Phi) is 10.4. The zero-order valence-corrected chi connectivity index (χ0v) is 24.1. The maximum Gasteiger partial charge on any atom is 0.207 e. The number of hydrogen-bond acceptors (Lipinski definition) is 4. The molecular formula is C40H32O4. The maximum atomic E-state index is 12.8. The first-order chi connectivity index (χ1) is 21.7. The number of ether oxygens (including phenoxy) is 1. The standard InChI is InChI=1S/C20H16O2.C14H10O.C6H6O/c21-19(16-10-4-1-5-11-16)20(17-12-6-2-7-13-17)22-18-14-8-3-9-15-18;1-2-6-11(7-3-1)14-10-12-8-4-5-9-13(12)15-14;7-6-4-2-1-3-5-6/h1-15,20H;1-10H;1-5,7H. The summed E-state index contributed by atoms with van der Waals surface area (Å²) in [5.41, 5.74) is 3.55. The Bertz CT molecular complexity index is 1800. The molecule has 1 N–H and O–H groups in total. The van der Waals surface area contributed by atoms with E-state index >= 15 is 0 Å². The van der Waals surface area contributed by atoms with Crippen molar-refractivity contribution in [3.8, 4) is 22.8 Å². The molecule has 0 radical (unpaired) electrons. The molecular weight excluding hydrogens is 544 g/mol. The number of rotatable bonds is 6. The summed E-state index contributed by atoms with van der Waals surface area (Å²) in [6.07, 6.45) is -0.647. The third-order valence-corrected chi connectivity index (χ3v) is 6.64. The SMILES string of the molecule is O=C(c1ccccc1)C(Oc1ccccc1)c1ccccc1.Oc1ccccc1.c1ccc(-c2cc3ccccc3o2)cc1. The first-order valence-electron chi connectivity index (χ1n) is 14.3. The molecule has 0 amide bonds. The highest BCUT2D eigenvalue weighted by Crippen LogP contribution is 2.27. The van der Waals surface area contributed by atoms with Gasteiger partial charge < -0.3 is 14.3 Å². The third kappa shape index (κ3) is 8.34. The topological polar surface area (TPSA) is 59.7 Å². The smallest absolute Gasteiger partial charge is 0.207 e. The van der Waals surface area contributed by atoms with Crippen LogP contribution in [-0.2, 0) is 0 Å². The third-order valence-electron chi connectivity index (χ3n) is 6.64. The monoisotopic (exact) mass is 576 g/mol. The number of Topliss-reactive ketones (excluding diaryl/α,β-unsaturated/α-hetero) is 1. The highest BCUT2D eigenvalue weighted by Gasteiger charge is 2.23. The number of aromatic hydroxyl groups is 1. The van der Waals surface area contributed by atoms with E-state index in [0.29, 0.717) is 17.1 Å². The minimum absolute atomic E-state index is 0.0457. The van der Waals surface area contributed by atoms with Crippen LogP contribution in [0.1, 0.15) is 22.0 Å². The van der Waals surface area contributed by atoms with Crippen molar-refractivity contribution in [2.75, 3.05) is 0 Å². The van der Waals surface area contributed by atoms with E-state index in [9.17, 15) is 4.79 Å². The van der Waals surface area contributed by atoms with Crippen LogP contribution in [0.25, 0.3) is 22.3 Å². The lowest BCUT2D eigenvalue weighted by atomic mass is 10.00. The van der Waals surface area contributed by atoms with Gasteiger partial charge in [0.15, 0.2) is 6.10 Å². The molecule has 1 unspecified atom stereocenters. The van der Waals surface area contributed by atoms with Gasteiger partial charge in [-0.25, -0.2) is 0 Å². The minimum atomic E-state index is -0.647. The lowest BCUT2D eigenvalue weighted by Crippen LogP contribution is -2.19. The van der Waals surface area contributed by atoms with E-state index < -0.39 is 6.10 Å². The average molecular weight is 577 g/mol. The van der Waals surface area contributed by atoms with Gasteiger partial charge >= 0.3 is 0 Å². The fraction of sp³-hybridized carbons (Fsp3) is 0.0250. The summed E-state index contributed by atoms with van der Waals surface area (Å²) in [6, 6.07) is 57.2. The molecule has 0 spiro atoms. The van der Waals surface area contributed by atoms with Crippen molar-refractivity contribution in [2.45, 2.75) is 6.10 Å². The molecule has 1 aromatic heterocycles. The van der Waals surface area contributed by atoms with Gasteiger partial charge in [-0.05, 0) is 36.4 Å². The van der Waals surface area contributed by atoms with Crippen molar-refractivity contribution in [2.24, 2.45) is 0 Å². The molecule has 1 atom stereocenters. The summed E-state index contributed by atoms with van der Waals surface area (Å²) in [7, 11) is 0. The Morgan fingerprint density at radius 2 is 1.07 bits per heavy atom. The highest BCUT2D eigenvalue weighted by atomic mass is 16.5. The van der Waals surface area contributed by atoms with Crippen molar-refractivity contribution in [1.82, 2.24) is 0 Å². The second-order valence-corrected chi connectivity index (χ2v) is 9.80. The zero-order valence-electron chi connectivity index (χ0n) is 24.1. The minimum Gasteiger partial charge on any atom is -0.508 e. The zero-order chi connectivity index (χ0) is 30.4. The molecule has 0 aliphatic carbocycles. The highest BCUT2D eigenvalue weighted by molar-refractivity contribution is 6.00. The first kappa shape index (κ1) is 29.6. The summed E-state index contributed by atoms with van der Waals surface area (Å²) < 4.78 is 11.7. The average Bonchev–Trinajstić information content (AvgIpc) is 3.54. The van der Waals surface area contributed by atoms with Gasteiger partial charge in [-0.2, -0.15) is 0 Å². The number of ketones is 1. The van der Waals surface area contributed by atoms with E-state index in [2.05, 4.69) is 24.3 Å². The Morgan fingerprint density at radius 3 is 1.64 bits per heavy atom. The lowest BCUT2D eigenvalue weighted by molar-refractivity contribution is 0.0792. The molecule has 0 bridgehead atoms. The van der Waals surface area contributed by atoms with Crippen LogP contribution in [0.4, 0.5) is 0 Å². The largest absolute Gasteiger partial charge is 0.508 e. The molecule has 7 rings (SSSR count). The van der Waals surface area contributed by atoms with E-state index in [1.807, 2.05) is 133 Å². The van der Waals surface area contributed by atoms with Crippen LogP contribution in [0.5, 0.6) is 11.5 Å². The van der Waals surface area contributed by atoms with Crippen molar-refractivity contribution < 1.29 is 19.1 Å². The van der Waals surface area contributed by atoms with Crippen LogP contribution in [0.2, 0.25) is 0 Å². The lowest BCUT2D eigenvalue weighted by Gasteiger charge is -2.18. The van der Waals surface area contributed by atoms with Crippen molar-refractivity contribution in [3.63, 3.8) is 0 Å². The number of phenols is 1. The number of benzene rings is 6. The summed E-state index contributed by atoms with van der Waals surface area (Å²) in [4.78, 5) is 12.8. The predicted molar refractivity (Wildman–Crippen MR) is 177 cm³/mol. The summed E-state index contributed by atoms with van der Waals surface area (Å²) in [5, 5.41) is 9.78. The number of hydrogen-bond donors (Lipinski definition) is 1. The molecule has 4 heteroatoms. The van der Waals surface area contributed by atoms with Gasteiger partial charge in [0.05, 0.1) is 0 Å². The fourth-order valence-corrected chi connectivity index (χ4v) is 4.44. The Balaban J connectivity index is 0.000000149. The van der Waals surface area contributed by atoms with Gasteiger partial charge in [0, 0.05) is 22.1 Å². The fourth-order valence-electron chi connectivity index (χ4n) is 4.44. The van der Waals surface area contributed by atoms with Gasteiger partial charge in [0.2, 0.25) is 5.78 Å². The number of carbonyl (C=O) groups excluding carboxylic acids is 1. The molecule has 0 saturated heterocycles. The molecule has 4 nitrogen and oxygen atoms in total. The number of para-hydroxylation sites is 3. The van der Waals surface area contributed by atoms with E-state index in [-0.39, 0.29) is 5.78 Å². The first-order valence-corrected chi connectivity index (χ1v) is 14.3. The Labute approximate surface area is 257 Å². The van der Waals surface area contributed by atoms with E-state index in [0.717, 1.165) is 27.9 Å². The summed E-state index contributed by atoms with van der Waals surface area (Å²) >= 11 is 0. The Hall–Kier alpha value is -5.87. The van der Waals surface area contributed by atoms with Crippen LogP contribution in [0.15, 0.2) is 186 Å². The number of carbonyl (C=O) groups is 1. The molecule has 0 aliphatic heterocycles. The number of furan rings is 1. The molecule has 0 saturated carbocycles. The summed E-state index contributed by atoms with van der Waals surface area (Å²) in [5.74, 6) is 1.88. The van der Waals surface area contributed by atoms with Crippen LogP contribution in [0.3, 0.4) is 0 Å². The van der Waals surface area contributed by atoms with Gasteiger partial charge in [-0.3, -0.25) is 4.79 Å². The van der Waals surface area contributed by atoms with Crippen LogP contribution in [-0.4, -0.2) is 10.9 Å². The second-order valence-electron chi connectivity index (χ2n) is 9.80. The van der Waals surface area contributed by atoms with Gasteiger partial charge in [0.1, 0.15) is 22.8 Å². The maximum absolute atomic E-state index is 12.8.